The van der Waals surface area contributed by atoms with Crippen LogP contribution in [0.15, 0.2) is 0 Å². The van der Waals surface area contributed by atoms with Gasteiger partial charge in [-0.25, -0.2) is 0 Å². The van der Waals surface area contributed by atoms with Crippen LogP contribution in [-0.4, -0.2) is 53.3 Å². The number of hydrogen-bond donors (Lipinski definition) is 6. The molecule has 0 bridgehead atoms. The third-order valence-corrected chi connectivity index (χ3v) is 6.33. The van der Waals surface area contributed by atoms with Crippen molar-refractivity contribution in [1.82, 2.24) is 16.0 Å². The first kappa shape index (κ1) is 34.4. The summed E-state index contributed by atoms with van der Waals surface area (Å²) in [5.41, 5.74) is 5.22. The molecule has 0 unspecified atom stereocenters. The van der Waals surface area contributed by atoms with Gasteiger partial charge in [-0.15, -0.1) is 0 Å². The van der Waals surface area contributed by atoms with Crippen LogP contribution in [0.3, 0.4) is 0 Å². The van der Waals surface area contributed by atoms with E-state index in [9.17, 15) is 24.3 Å². The zero-order valence-corrected chi connectivity index (χ0v) is 23.0. The number of nitrogens with one attached hydrogen (secondary N) is 4. The van der Waals surface area contributed by atoms with Crippen LogP contribution in [0, 0.1) is 5.41 Å². The van der Waals surface area contributed by atoms with Crippen molar-refractivity contribution in [2.45, 2.75) is 135 Å². The number of carboxylic acid groups (broad SMARTS) is 1. The fraction of sp³-hybridized carbons (Fsp3) is 0.815. The third-order valence-electron chi connectivity index (χ3n) is 6.33. The predicted octanol–water partition coefficient (Wildman–Crippen LogP) is 3.76. The monoisotopic (exact) mass is 525 g/mol. The molecule has 214 valence electrons. The summed E-state index contributed by atoms with van der Waals surface area (Å²) in [6, 6.07) is -2.06. The highest BCUT2D eigenvalue weighted by Crippen LogP contribution is 2.13. The Morgan fingerprint density at radius 3 is 1.76 bits per heavy atom. The Hall–Kier alpha value is -2.65. The number of carbonyl (C=O) groups is 4. The molecular weight excluding hydrogens is 474 g/mol. The average Bonchev–Trinajstić information content (AvgIpc) is 2.82. The summed E-state index contributed by atoms with van der Waals surface area (Å²) in [6.45, 7) is 3.93. The van der Waals surface area contributed by atoms with Crippen LogP contribution >= 0.6 is 0 Å². The number of amides is 2. The van der Waals surface area contributed by atoms with Crippen LogP contribution in [-0.2, 0) is 19.2 Å². The van der Waals surface area contributed by atoms with Gasteiger partial charge in [-0.1, -0.05) is 84.0 Å². The highest BCUT2D eigenvalue weighted by Gasteiger charge is 2.27. The summed E-state index contributed by atoms with van der Waals surface area (Å²) >= 11 is 0. The number of ketones is 1. The van der Waals surface area contributed by atoms with E-state index in [0.717, 1.165) is 19.3 Å². The summed E-state index contributed by atoms with van der Waals surface area (Å²) in [6.07, 6.45) is 16.0. The summed E-state index contributed by atoms with van der Waals surface area (Å²) < 4.78 is 0. The molecule has 0 radical (unpaired) electrons. The second kappa shape index (κ2) is 22.5. The Labute approximate surface area is 222 Å². The zero-order valence-electron chi connectivity index (χ0n) is 23.0. The normalized spacial score (nSPS) is 12.4. The van der Waals surface area contributed by atoms with Crippen LogP contribution in [0.4, 0.5) is 0 Å². The Morgan fingerprint density at radius 1 is 0.784 bits per heavy atom. The minimum absolute atomic E-state index is 0.184. The van der Waals surface area contributed by atoms with E-state index < -0.39 is 30.4 Å². The number of hydrogen-bond acceptors (Lipinski definition) is 5. The highest BCUT2D eigenvalue weighted by atomic mass is 16.4. The number of unbranched alkanes of at least 4 members (excludes halogenated alkanes) is 12. The highest BCUT2D eigenvalue weighted by molar-refractivity contribution is 5.93. The molecule has 0 aliphatic rings. The van der Waals surface area contributed by atoms with Gasteiger partial charge in [0.15, 0.2) is 11.7 Å². The second-order valence-electron chi connectivity index (χ2n) is 9.87. The van der Waals surface area contributed by atoms with Gasteiger partial charge in [0, 0.05) is 13.0 Å². The molecule has 2 atom stereocenters. The molecule has 0 spiro atoms. The van der Waals surface area contributed by atoms with E-state index in [0.29, 0.717) is 25.8 Å². The molecule has 10 heteroatoms. The van der Waals surface area contributed by atoms with Crippen molar-refractivity contribution in [3.63, 3.8) is 0 Å². The standard InChI is InChI=1S/C27H51N5O5/c1-3-4-5-6-7-8-9-10-11-12-13-14-15-18-24(34)31-23(20-25(35)36)26(37)32-22(21(2)33)17-16-19-30-27(28)29/h22-23H,3-20H2,1-2H3,(H,31,34)(H,32,37)(H,35,36)(H4,28,29,30)/t22-,23-/m0/s1. The molecule has 7 N–H and O–H groups in total. The molecule has 0 fully saturated rings. The van der Waals surface area contributed by atoms with Gasteiger partial charge >= 0.3 is 5.97 Å². The second-order valence-corrected chi connectivity index (χ2v) is 9.87. The van der Waals surface area contributed by atoms with Crippen molar-refractivity contribution >= 4 is 29.5 Å². The van der Waals surface area contributed by atoms with Crippen LogP contribution in [0.2, 0.25) is 0 Å². The van der Waals surface area contributed by atoms with Gasteiger partial charge in [0.25, 0.3) is 0 Å². The van der Waals surface area contributed by atoms with E-state index in [2.05, 4.69) is 22.9 Å². The Balaban J connectivity index is 4.24. The van der Waals surface area contributed by atoms with Crippen LogP contribution in [0.1, 0.15) is 123 Å². The Morgan fingerprint density at radius 2 is 1.30 bits per heavy atom. The molecule has 0 rings (SSSR count). The fourth-order valence-electron chi connectivity index (χ4n) is 4.13. The van der Waals surface area contributed by atoms with Gasteiger partial charge in [-0.2, -0.15) is 0 Å². The number of aliphatic carboxylic acids is 1. The van der Waals surface area contributed by atoms with E-state index >= 15 is 0 Å². The number of carbonyl (C=O) groups excluding carboxylic acids is 3. The van der Waals surface area contributed by atoms with Crippen molar-refractivity contribution < 1.29 is 24.3 Å². The van der Waals surface area contributed by atoms with Crippen LogP contribution in [0.5, 0.6) is 0 Å². The van der Waals surface area contributed by atoms with E-state index in [1.165, 1.54) is 64.7 Å². The third kappa shape index (κ3) is 21.2. The number of nitrogens with two attached hydrogens (primary N) is 1. The molecule has 0 aliphatic carbocycles. The molecule has 2 amide bonds. The first-order chi connectivity index (χ1) is 17.7. The first-order valence-corrected chi connectivity index (χ1v) is 14.1. The summed E-state index contributed by atoms with van der Waals surface area (Å²) in [7, 11) is 0. The van der Waals surface area contributed by atoms with E-state index in [1.807, 2.05) is 0 Å². The number of rotatable bonds is 24. The van der Waals surface area contributed by atoms with Gasteiger partial charge in [0.1, 0.15) is 6.04 Å². The van der Waals surface area contributed by atoms with Gasteiger partial charge in [0.2, 0.25) is 11.8 Å². The van der Waals surface area contributed by atoms with Crippen molar-refractivity contribution in [3.8, 4) is 0 Å². The molecule has 0 saturated carbocycles. The molecule has 0 heterocycles. The van der Waals surface area contributed by atoms with Crippen LogP contribution in [0.25, 0.3) is 0 Å². The number of guanidine groups is 1. The molecule has 0 aromatic carbocycles. The van der Waals surface area contributed by atoms with Crippen molar-refractivity contribution in [2.75, 3.05) is 6.54 Å². The number of Topliss-reactive ketones (excluding diaryl/α,β-unsaturated/α-hetero) is 1. The topological polar surface area (TPSA) is 174 Å². The van der Waals surface area contributed by atoms with Crippen LogP contribution < -0.4 is 21.7 Å². The molecular formula is C27H51N5O5. The molecule has 0 aromatic heterocycles. The minimum atomic E-state index is -1.25. The summed E-state index contributed by atoms with van der Waals surface area (Å²) in [5, 5.41) is 24.0. The van der Waals surface area contributed by atoms with Crippen molar-refractivity contribution in [2.24, 2.45) is 5.73 Å². The first-order valence-electron chi connectivity index (χ1n) is 14.1. The van der Waals surface area contributed by atoms with Crippen molar-refractivity contribution in [3.05, 3.63) is 0 Å². The molecule has 10 nitrogen and oxygen atoms in total. The maximum absolute atomic E-state index is 12.6. The molecule has 37 heavy (non-hydrogen) atoms. The van der Waals surface area contributed by atoms with Crippen molar-refractivity contribution in [1.29, 1.82) is 5.41 Å². The number of carboxylic acids is 1. The smallest absolute Gasteiger partial charge is 0.305 e. The maximum Gasteiger partial charge on any atom is 0.305 e. The summed E-state index contributed by atoms with van der Waals surface area (Å²) in [5.74, 6) is -2.73. The predicted molar refractivity (Wildman–Crippen MR) is 146 cm³/mol. The maximum atomic E-state index is 12.6. The quantitative estimate of drug-likeness (QED) is 0.0631. The fourth-order valence-corrected chi connectivity index (χ4v) is 4.13. The van der Waals surface area contributed by atoms with Gasteiger partial charge < -0.3 is 26.8 Å². The van der Waals surface area contributed by atoms with E-state index in [1.54, 1.807) is 0 Å². The lowest BCUT2D eigenvalue weighted by Crippen LogP contribution is -2.52. The molecule has 0 saturated heterocycles. The summed E-state index contributed by atoms with van der Waals surface area (Å²) in [4.78, 5) is 48.1. The minimum Gasteiger partial charge on any atom is -0.481 e. The Kier molecular flexibility index (Phi) is 20.9. The molecule has 0 aromatic rings. The SMILES string of the molecule is CCCCCCCCCCCCCCCC(=O)N[C@@H](CC(=O)O)C(=O)N[C@@H](CCCNC(=N)N)C(C)=O. The average molecular weight is 526 g/mol. The van der Waals surface area contributed by atoms with Gasteiger partial charge in [-0.3, -0.25) is 24.6 Å². The lowest BCUT2D eigenvalue weighted by molar-refractivity contribution is -0.141. The van der Waals surface area contributed by atoms with Gasteiger partial charge in [-0.05, 0) is 26.2 Å². The Bertz CT molecular complexity index is 686. The largest absolute Gasteiger partial charge is 0.481 e. The van der Waals surface area contributed by atoms with E-state index in [-0.39, 0.29) is 24.1 Å². The zero-order chi connectivity index (χ0) is 27.9. The van der Waals surface area contributed by atoms with Gasteiger partial charge in [0.05, 0.1) is 12.5 Å². The van der Waals surface area contributed by atoms with E-state index in [4.69, 9.17) is 11.1 Å². The molecule has 0 aliphatic heterocycles. The lowest BCUT2D eigenvalue weighted by atomic mass is 10.0. The lowest BCUT2D eigenvalue weighted by Gasteiger charge is -2.21.